The molecule has 0 amide bonds. The monoisotopic (exact) mass is 434 g/mol. The van der Waals surface area contributed by atoms with E-state index in [1.165, 1.54) is 25.3 Å². The molecule has 0 saturated heterocycles. The molecule has 8 nitrogen and oxygen atoms in total. The summed E-state index contributed by atoms with van der Waals surface area (Å²) in [6.07, 6.45) is 1.54. The van der Waals surface area contributed by atoms with E-state index in [1.807, 2.05) is 6.07 Å². The summed E-state index contributed by atoms with van der Waals surface area (Å²) in [4.78, 5) is 4.48. The van der Waals surface area contributed by atoms with Crippen molar-refractivity contribution in [3.8, 4) is 6.07 Å². The number of hydrogen-bond donors (Lipinski definition) is 2. The summed E-state index contributed by atoms with van der Waals surface area (Å²) in [5, 5.41) is 9.15. The van der Waals surface area contributed by atoms with Crippen LogP contribution >= 0.6 is 22.9 Å². The Morgan fingerprint density at radius 3 is 2.69 bits per heavy atom. The molecule has 0 unspecified atom stereocenters. The first-order valence-electron chi connectivity index (χ1n) is 7.31. The highest BCUT2D eigenvalue weighted by Gasteiger charge is 2.19. The molecule has 2 N–H and O–H groups in total. The number of thiophene rings is 1. The van der Waals surface area contributed by atoms with Crippen molar-refractivity contribution >= 4 is 48.7 Å². The van der Waals surface area contributed by atoms with E-state index in [9.17, 15) is 16.8 Å². The molecular weight excluding hydrogens is 420 g/mol. The van der Waals surface area contributed by atoms with Crippen LogP contribution in [-0.4, -0.2) is 34.1 Å². The second kappa shape index (κ2) is 8.32. The largest absolute Gasteiger partial charge is 0.276 e. The number of anilines is 1. The molecule has 12 heteroatoms. The maximum atomic E-state index is 12.5. The van der Waals surface area contributed by atoms with Crippen LogP contribution in [0.2, 0.25) is 5.15 Å². The first-order chi connectivity index (χ1) is 12.2. The summed E-state index contributed by atoms with van der Waals surface area (Å²) in [5.74, 6) is -0.0165. The van der Waals surface area contributed by atoms with Crippen molar-refractivity contribution < 1.29 is 16.8 Å². The van der Waals surface area contributed by atoms with Gasteiger partial charge in [0.25, 0.3) is 10.0 Å². The summed E-state index contributed by atoms with van der Waals surface area (Å²) in [5.41, 5.74) is 0.0851. The lowest BCUT2D eigenvalue weighted by atomic mass is 10.2. The number of halogens is 1. The van der Waals surface area contributed by atoms with Crippen LogP contribution in [-0.2, 0) is 26.5 Å². The molecular formula is C14H15ClN4O4S3. The van der Waals surface area contributed by atoms with Crippen molar-refractivity contribution in [2.75, 3.05) is 17.0 Å². The SMILES string of the molecule is CCS(=O)(=O)NCCc1ccc(S(=O)(=O)Nc2cnc(Cl)cc2C#N)s1. The zero-order valence-electron chi connectivity index (χ0n) is 13.6. The molecule has 140 valence electrons. The van der Waals surface area contributed by atoms with E-state index in [0.29, 0.717) is 11.3 Å². The van der Waals surface area contributed by atoms with Gasteiger partial charge in [-0.2, -0.15) is 5.26 Å². The highest BCUT2D eigenvalue weighted by atomic mass is 35.5. The standard InChI is InChI=1S/C14H15ClN4O4S3/c1-2-25(20,21)18-6-5-11-3-4-14(24-11)26(22,23)19-12-9-17-13(15)7-10(12)8-16/h3-4,7,9,18-19H,2,5-6H2,1H3. The highest BCUT2D eigenvalue weighted by molar-refractivity contribution is 7.94. The Hall–Kier alpha value is -1.71. The lowest BCUT2D eigenvalue weighted by molar-refractivity contribution is 0.583. The Kier molecular flexibility index (Phi) is 6.59. The molecule has 0 saturated carbocycles. The van der Waals surface area contributed by atoms with Gasteiger partial charge < -0.3 is 0 Å². The number of nitrogens with zero attached hydrogens (tertiary/aromatic N) is 2. The lowest BCUT2D eigenvalue weighted by Crippen LogP contribution is -2.27. The van der Waals surface area contributed by atoms with E-state index in [-0.39, 0.29) is 32.9 Å². The summed E-state index contributed by atoms with van der Waals surface area (Å²) in [6.45, 7) is 1.72. The molecule has 0 aliphatic carbocycles. The van der Waals surface area contributed by atoms with E-state index in [0.717, 1.165) is 11.3 Å². The quantitative estimate of drug-likeness (QED) is 0.611. The maximum Gasteiger partial charge on any atom is 0.271 e. The molecule has 0 aliphatic heterocycles. The average molecular weight is 435 g/mol. The molecule has 0 aliphatic rings. The number of pyridine rings is 1. The van der Waals surface area contributed by atoms with E-state index in [1.54, 1.807) is 6.07 Å². The van der Waals surface area contributed by atoms with Gasteiger partial charge in [0.2, 0.25) is 10.0 Å². The summed E-state index contributed by atoms with van der Waals surface area (Å²) in [6, 6.07) is 6.15. The van der Waals surface area contributed by atoms with Gasteiger partial charge in [-0.1, -0.05) is 11.6 Å². The van der Waals surface area contributed by atoms with E-state index in [2.05, 4.69) is 14.4 Å². The summed E-state index contributed by atoms with van der Waals surface area (Å²) in [7, 11) is -7.19. The predicted octanol–water partition coefficient (Wildman–Crippen LogP) is 1.95. The molecule has 0 atom stereocenters. The Bertz CT molecular complexity index is 1040. The van der Waals surface area contributed by atoms with E-state index >= 15 is 0 Å². The highest BCUT2D eigenvalue weighted by Crippen LogP contribution is 2.26. The zero-order valence-corrected chi connectivity index (χ0v) is 16.8. The fourth-order valence-corrected chi connectivity index (χ4v) is 5.06. The van der Waals surface area contributed by atoms with Gasteiger partial charge in [-0.05, 0) is 31.5 Å². The van der Waals surface area contributed by atoms with Crippen LogP contribution in [0.3, 0.4) is 0 Å². The third kappa shape index (κ3) is 5.39. The molecule has 0 aromatic carbocycles. The number of nitriles is 1. The van der Waals surface area contributed by atoms with Crippen LogP contribution in [0.15, 0.2) is 28.6 Å². The second-order valence-electron chi connectivity index (χ2n) is 5.04. The Morgan fingerprint density at radius 1 is 1.31 bits per heavy atom. The molecule has 0 fully saturated rings. The van der Waals surface area contributed by atoms with E-state index in [4.69, 9.17) is 16.9 Å². The first kappa shape index (κ1) is 20.6. The van der Waals surface area contributed by atoms with Gasteiger partial charge in [0.1, 0.15) is 15.4 Å². The number of aromatic nitrogens is 1. The van der Waals surface area contributed by atoms with Gasteiger partial charge in [0, 0.05) is 11.4 Å². The van der Waals surface area contributed by atoms with Crippen LogP contribution in [0, 0.1) is 11.3 Å². The van der Waals surface area contributed by atoms with Crippen LogP contribution in [0.4, 0.5) is 5.69 Å². The minimum Gasteiger partial charge on any atom is -0.276 e. The van der Waals surface area contributed by atoms with Gasteiger partial charge >= 0.3 is 0 Å². The molecule has 0 spiro atoms. The van der Waals surface area contributed by atoms with Gasteiger partial charge in [0.05, 0.1) is 23.2 Å². The number of hydrogen-bond acceptors (Lipinski definition) is 7. The molecule has 2 heterocycles. The summed E-state index contributed by atoms with van der Waals surface area (Å²) >= 11 is 6.71. The van der Waals surface area contributed by atoms with Crippen molar-refractivity contribution in [1.29, 1.82) is 5.26 Å². The summed E-state index contributed by atoms with van der Waals surface area (Å²) < 4.78 is 52.5. The predicted molar refractivity (Wildman–Crippen MR) is 100 cm³/mol. The Balaban J connectivity index is 2.11. The maximum absolute atomic E-state index is 12.5. The van der Waals surface area contributed by atoms with Crippen molar-refractivity contribution in [1.82, 2.24) is 9.71 Å². The van der Waals surface area contributed by atoms with Crippen LogP contribution < -0.4 is 9.44 Å². The van der Waals surface area contributed by atoms with Gasteiger partial charge in [-0.15, -0.1) is 11.3 Å². The number of rotatable bonds is 8. The Labute approximate surface area is 160 Å². The fourth-order valence-electron chi connectivity index (χ4n) is 1.87. The molecule has 2 aromatic rings. The molecule has 0 bridgehead atoms. The van der Waals surface area contributed by atoms with Crippen LogP contribution in [0.1, 0.15) is 17.4 Å². The van der Waals surface area contributed by atoms with Crippen molar-refractivity contribution in [3.05, 3.63) is 40.0 Å². The van der Waals surface area contributed by atoms with Gasteiger partial charge in [0.15, 0.2) is 0 Å². The van der Waals surface area contributed by atoms with Crippen molar-refractivity contribution in [2.24, 2.45) is 0 Å². The molecule has 0 radical (unpaired) electrons. The minimum absolute atomic E-state index is 0.0165. The topological polar surface area (TPSA) is 129 Å². The Morgan fingerprint density at radius 2 is 2.04 bits per heavy atom. The van der Waals surface area contributed by atoms with Gasteiger partial charge in [-0.25, -0.2) is 26.5 Å². The molecule has 2 rings (SSSR count). The third-order valence-corrected chi connectivity index (χ3v) is 7.82. The van der Waals surface area contributed by atoms with E-state index < -0.39 is 20.0 Å². The normalized spacial score (nSPS) is 11.9. The number of nitrogens with one attached hydrogen (secondary N) is 2. The molecule has 2 aromatic heterocycles. The average Bonchev–Trinajstić information content (AvgIpc) is 3.06. The van der Waals surface area contributed by atoms with Crippen LogP contribution in [0.5, 0.6) is 0 Å². The zero-order chi connectivity index (χ0) is 19.4. The third-order valence-electron chi connectivity index (χ3n) is 3.21. The second-order valence-corrected chi connectivity index (χ2v) is 10.6. The van der Waals surface area contributed by atoms with Gasteiger partial charge in [-0.3, -0.25) is 4.72 Å². The minimum atomic E-state index is -3.90. The smallest absolute Gasteiger partial charge is 0.271 e. The lowest BCUT2D eigenvalue weighted by Gasteiger charge is -2.07. The van der Waals surface area contributed by atoms with Crippen molar-refractivity contribution in [2.45, 2.75) is 17.6 Å². The number of sulfonamides is 2. The van der Waals surface area contributed by atoms with Crippen molar-refractivity contribution in [3.63, 3.8) is 0 Å². The first-order valence-corrected chi connectivity index (χ1v) is 11.6. The van der Waals surface area contributed by atoms with Crippen LogP contribution in [0.25, 0.3) is 0 Å². The molecule has 26 heavy (non-hydrogen) atoms. The fraction of sp³-hybridized carbons (Fsp3) is 0.286.